The van der Waals surface area contributed by atoms with Crippen LogP contribution in [0.4, 0.5) is 0 Å². The number of hydrogen-bond acceptors (Lipinski definition) is 4. The molecule has 0 spiro atoms. The Morgan fingerprint density at radius 1 is 1.75 bits per heavy atom. The summed E-state index contributed by atoms with van der Waals surface area (Å²) in [6.45, 7) is 0. The summed E-state index contributed by atoms with van der Waals surface area (Å²) in [4.78, 5) is 0. The first-order valence-electron chi connectivity index (χ1n) is 3.26. The summed E-state index contributed by atoms with van der Waals surface area (Å²) in [5.41, 5.74) is 0. The van der Waals surface area contributed by atoms with Crippen LogP contribution in [0, 0.1) is 0 Å². The van der Waals surface area contributed by atoms with Crippen molar-refractivity contribution >= 4 is 33.9 Å². The van der Waals surface area contributed by atoms with Gasteiger partial charge < -0.3 is 9.52 Å². The predicted molar refractivity (Wildman–Crippen MR) is 55.4 cm³/mol. The first kappa shape index (κ1) is 9.35. The molecular weight excluding hydrogens is 192 g/mol. The highest BCUT2D eigenvalue weighted by molar-refractivity contribution is 8.23. The van der Waals surface area contributed by atoms with Gasteiger partial charge in [-0.25, -0.2) is 0 Å². The van der Waals surface area contributed by atoms with E-state index in [2.05, 4.69) is 0 Å². The molecule has 1 aromatic rings. The summed E-state index contributed by atoms with van der Waals surface area (Å²) in [5, 5.41) is 9.38. The van der Waals surface area contributed by atoms with Crippen LogP contribution in [0.5, 0.6) is 0 Å². The Morgan fingerprint density at radius 3 is 3.00 bits per heavy atom. The van der Waals surface area contributed by atoms with Crippen molar-refractivity contribution in [2.24, 2.45) is 0 Å². The lowest BCUT2D eigenvalue weighted by Crippen LogP contribution is -1.84. The zero-order valence-corrected chi connectivity index (χ0v) is 8.11. The van der Waals surface area contributed by atoms with Gasteiger partial charge in [-0.2, -0.15) is 0 Å². The molecule has 1 heterocycles. The number of thioether (sulfide) groups is 1. The average Bonchev–Trinajstić information content (AvgIpc) is 2.56. The summed E-state index contributed by atoms with van der Waals surface area (Å²) in [7, 11) is 0. The van der Waals surface area contributed by atoms with Crippen molar-refractivity contribution in [2.75, 3.05) is 6.26 Å². The molecule has 0 aliphatic heterocycles. The number of rotatable bonds is 2. The smallest absolute Gasteiger partial charge is 0.168 e. The second kappa shape index (κ2) is 4.33. The average molecular weight is 200 g/mol. The maximum absolute atomic E-state index is 9.38. The molecule has 1 aromatic heterocycles. The van der Waals surface area contributed by atoms with Crippen molar-refractivity contribution in [3.05, 3.63) is 30.2 Å². The molecule has 0 unspecified atom stereocenters. The largest absolute Gasteiger partial charge is 0.504 e. The lowest BCUT2D eigenvalue weighted by atomic mass is 10.3. The number of furan rings is 1. The molecule has 0 aromatic carbocycles. The Hall–Kier alpha value is -0.740. The molecule has 0 atom stereocenters. The standard InChI is InChI=1S/C8H8O2S2/c1-12-8(11)5-6(9)7-3-2-4-10-7/h2-5,9H,1H3. The molecule has 0 aliphatic rings. The van der Waals surface area contributed by atoms with E-state index in [4.69, 9.17) is 16.6 Å². The van der Waals surface area contributed by atoms with Crippen molar-refractivity contribution in [1.29, 1.82) is 0 Å². The third-order valence-corrected chi connectivity index (χ3v) is 2.37. The normalized spacial score (nSPS) is 11.6. The van der Waals surface area contributed by atoms with Gasteiger partial charge in [-0.3, -0.25) is 0 Å². The van der Waals surface area contributed by atoms with Gasteiger partial charge in [0.2, 0.25) is 0 Å². The SMILES string of the molecule is CSC(=S)C=C(O)c1ccco1. The number of hydrogen-bond donors (Lipinski definition) is 1. The Labute approximate surface area is 80.3 Å². The first-order valence-corrected chi connectivity index (χ1v) is 4.90. The summed E-state index contributed by atoms with van der Waals surface area (Å²) in [6.07, 6.45) is 4.86. The molecule has 0 aliphatic carbocycles. The van der Waals surface area contributed by atoms with Crippen LogP contribution in [0.15, 0.2) is 28.9 Å². The number of aliphatic hydroxyl groups is 1. The third kappa shape index (κ3) is 2.39. The van der Waals surface area contributed by atoms with Gasteiger partial charge in [-0.05, 0) is 18.4 Å². The summed E-state index contributed by atoms with van der Waals surface area (Å²) < 4.78 is 5.58. The highest BCUT2D eigenvalue weighted by Gasteiger charge is 2.01. The van der Waals surface area contributed by atoms with Crippen molar-refractivity contribution in [3.63, 3.8) is 0 Å². The van der Waals surface area contributed by atoms with Crippen LogP contribution in [-0.4, -0.2) is 15.6 Å². The van der Waals surface area contributed by atoms with E-state index in [1.807, 2.05) is 6.26 Å². The quantitative estimate of drug-likeness (QED) is 0.452. The zero-order chi connectivity index (χ0) is 8.97. The molecule has 1 rings (SSSR count). The molecule has 4 heteroatoms. The van der Waals surface area contributed by atoms with Crippen LogP contribution in [0.1, 0.15) is 5.76 Å². The molecule has 0 fully saturated rings. The van der Waals surface area contributed by atoms with E-state index in [1.54, 1.807) is 12.1 Å². The molecule has 0 amide bonds. The highest BCUT2D eigenvalue weighted by atomic mass is 32.2. The van der Waals surface area contributed by atoms with Crippen LogP contribution < -0.4 is 0 Å². The van der Waals surface area contributed by atoms with Crippen LogP contribution in [-0.2, 0) is 0 Å². The predicted octanol–water partition coefficient (Wildman–Crippen LogP) is 2.87. The number of thiocarbonyl (C=S) groups is 1. The minimum Gasteiger partial charge on any atom is -0.504 e. The van der Waals surface area contributed by atoms with Crippen LogP contribution >= 0.6 is 24.0 Å². The highest BCUT2D eigenvalue weighted by Crippen LogP contribution is 2.13. The van der Waals surface area contributed by atoms with Gasteiger partial charge in [-0.1, -0.05) is 12.2 Å². The van der Waals surface area contributed by atoms with Gasteiger partial charge in [0.25, 0.3) is 0 Å². The summed E-state index contributed by atoms with van der Waals surface area (Å²) >= 11 is 6.29. The van der Waals surface area contributed by atoms with Gasteiger partial charge in [0.1, 0.15) is 0 Å². The molecule has 12 heavy (non-hydrogen) atoms. The van der Waals surface area contributed by atoms with Crippen molar-refractivity contribution in [2.45, 2.75) is 0 Å². The van der Waals surface area contributed by atoms with Crippen molar-refractivity contribution in [1.82, 2.24) is 0 Å². The minimum atomic E-state index is 0.0688. The fourth-order valence-electron chi connectivity index (χ4n) is 0.666. The maximum Gasteiger partial charge on any atom is 0.168 e. The second-order valence-electron chi connectivity index (χ2n) is 2.03. The van der Waals surface area contributed by atoms with E-state index in [0.29, 0.717) is 9.96 Å². The van der Waals surface area contributed by atoms with E-state index in [0.717, 1.165) is 0 Å². The molecular formula is C8H8O2S2. The summed E-state index contributed by atoms with van der Waals surface area (Å²) in [6, 6.07) is 3.39. The van der Waals surface area contributed by atoms with Gasteiger partial charge in [0.05, 0.1) is 10.5 Å². The van der Waals surface area contributed by atoms with Gasteiger partial charge in [0.15, 0.2) is 11.5 Å². The van der Waals surface area contributed by atoms with Crippen molar-refractivity contribution < 1.29 is 9.52 Å². The Morgan fingerprint density at radius 2 is 2.50 bits per heavy atom. The molecule has 2 nitrogen and oxygen atoms in total. The topological polar surface area (TPSA) is 33.4 Å². The third-order valence-electron chi connectivity index (χ3n) is 1.23. The number of aliphatic hydroxyl groups excluding tert-OH is 1. The second-order valence-corrected chi connectivity index (χ2v) is 3.58. The molecule has 0 saturated carbocycles. The van der Waals surface area contributed by atoms with Crippen LogP contribution in [0.2, 0.25) is 0 Å². The van der Waals surface area contributed by atoms with Crippen LogP contribution in [0.3, 0.4) is 0 Å². The van der Waals surface area contributed by atoms with Gasteiger partial charge in [-0.15, -0.1) is 11.8 Å². The van der Waals surface area contributed by atoms with Crippen molar-refractivity contribution in [3.8, 4) is 0 Å². The minimum absolute atomic E-state index is 0.0688. The Bertz CT molecular complexity index is 288. The zero-order valence-electron chi connectivity index (χ0n) is 6.48. The van der Waals surface area contributed by atoms with E-state index in [9.17, 15) is 5.11 Å². The fourth-order valence-corrected chi connectivity index (χ4v) is 1.01. The molecule has 0 saturated heterocycles. The van der Waals surface area contributed by atoms with Gasteiger partial charge >= 0.3 is 0 Å². The molecule has 1 N–H and O–H groups in total. The van der Waals surface area contributed by atoms with Gasteiger partial charge in [0, 0.05) is 6.08 Å². The Kier molecular flexibility index (Phi) is 3.37. The van der Waals surface area contributed by atoms with E-state index in [-0.39, 0.29) is 5.76 Å². The maximum atomic E-state index is 9.38. The lowest BCUT2D eigenvalue weighted by molar-refractivity contribution is 0.460. The Balaban J connectivity index is 2.77. The van der Waals surface area contributed by atoms with Crippen LogP contribution in [0.25, 0.3) is 5.76 Å². The summed E-state index contributed by atoms with van der Waals surface area (Å²) in [5.74, 6) is 0.505. The molecule has 64 valence electrons. The van der Waals surface area contributed by atoms with E-state index in [1.165, 1.54) is 24.1 Å². The molecule has 0 radical (unpaired) electrons. The van der Waals surface area contributed by atoms with E-state index >= 15 is 0 Å². The lowest BCUT2D eigenvalue weighted by Gasteiger charge is -1.94. The van der Waals surface area contributed by atoms with E-state index < -0.39 is 0 Å². The first-order chi connectivity index (χ1) is 5.74. The monoisotopic (exact) mass is 200 g/mol. The fraction of sp³-hybridized carbons (Fsp3) is 0.125. The molecule has 0 bridgehead atoms.